The minimum absolute atomic E-state index is 0.713. The lowest BCUT2D eigenvalue weighted by Crippen LogP contribution is -2.06. The van der Waals surface area contributed by atoms with Crippen molar-refractivity contribution in [2.45, 2.75) is 13.8 Å². The van der Waals surface area contributed by atoms with Gasteiger partial charge in [-0.1, -0.05) is 12.2 Å². The third kappa shape index (κ3) is 5.22. The highest BCUT2D eigenvalue weighted by Crippen LogP contribution is 1.86. The van der Waals surface area contributed by atoms with Crippen molar-refractivity contribution in [3.63, 3.8) is 0 Å². The Hall–Kier alpha value is -1.58. The molecule has 0 atom stereocenters. The largest absolute Gasteiger partial charge is 0.378 e. The zero-order valence-electron chi connectivity index (χ0n) is 6.94. The first kappa shape index (κ1) is 10.4. The molecule has 0 saturated carbocycles. The van der Waals surface area contributed by atoms with Gasteiger partial charge in [-0.15, -0.1) is 0 Å². The predicted octanol–water partition coefficient (Wildman–Crippen LogP) is 1.14. The molecule has 0 radical (unpaired) electrons. The normalized spacial score (nSPS) is 10.5. The lowest BCUT2D eigenvalue weighted by molar-refractivity contribution is -0.250. The van der Waals surface area contributed by atoms with Crippen molar-refractivity contribution in [3.05, 3.63) is 24.3 Å². The van der Waals surface area contributed by atoms with Crippen LogP contribution in [0.1, 0.15) is 13.8 Å². The highest BCUT2D eigenvalue weighted by atomic mass is 17.2. The number of rotatable bonds is 2. The number of carbonyl (C=O) groups is 2. The van der Waals surface area contributed by atoms with Crippen LogP contribution in [0.5, 0.6) is 0 Å². The summed E-state index contributed by atoms with van der Waals surface area (Å²) in [6.07, 6.45) is 5.24. The molecule has 0 aliphatic carbocycles. The topological polar surface area (TPSA) is 52.6 Å². The lowest BCUT2D eigenvalue weighted by Gasteiger charge is -1.95. The summed E-state index contributed by atoms with van der Waals surface area (Å²) in [6, 6.07) is 0. The Morgan fingerprint density at radius 2 is 1.25 bits per heavy atom. The van der Waals surface area contributed by atoms with Gasteiger partial charge in [0.25, 0.3) is 0 Å². The van der Waals surface area contributed by atoms with Crippen LogP contribution in [0.25, 0.3) is 0 Å². The van der Waals surface area contributed by atoms with Crippen LogP contribution in [0.4, 0.5) is 0 Å². The fourth-order valence-electron chi connectivity index (χ4n) is 0.410. The molecule has 0 rings (SSSR count). The fourth-order valence-corrected chi connectivity index (χ4v) is 0.410. The summed E-state index contributed by atoms with van der Waals surface area (Å²) in [5, 5.41) is 0. The smallest absolute Gasteiger partial charge is 0.242 e. The van der Waals surface area contributed by atoms with E-state index >= 15 is 0 Å². The van der Waals surface area contributed by atoms with Gasteiger partial charge in [0.05, 0.1) is 0 Å². The summed E-state index contributed by atoms with van der Waals surface area (Å²) in [7, 11) is 0. The second-order valence-electron chi connectivity index (χ2n) is 1.80. The SMILES string of the molecule is C/C=C/C(=O)OOC(=O)/C=C/C. The Kier molecular flexibility index (Phi) is 5.34. The van der Waals surface area contributed by atoms with Crippen LogP contribution >= 0.6 is 0 Å². The predicted molar refractivity (Wildman–Crippen MR) is 41.8 cm³/mol. The summed E-state index contributed by atoms with van der Waals surface area (Å²) < 4.78 is 0. The van der Waals surface area contributed by atoms with Gasteiger partial charge in [-0.2, -0.15) is 0 Å². The second kappa shape index (κ2) is 6.15. The first-order valence-electron chi connectivity index (χ1n) is 3.38. The molecular weight excluding hydrogens is 160 g/mol. The van der Waals surface area contributed by atoms with Crippen LogP contribution in [0.2, 0.25) is 0 Å². The summed E-state index contributed by atoms with van der Waals surface area (Å²) >= 11 is 0. The first-order chi connectivity index (χ1) is 5.70. The molecule has 12 heavy (non-hydrogen) atoms. The van der Waals surface area contributed by atoms with Crippen LogP contribution in [-0.4, -0.2) is 11.9 Å². The molecular formula is C8H10O4. The third-order valence-electron chi connectivity index (χ3n) is 0.811. The van der Waals surface area contributed by atoms with Crippen molar-refractivity contribution in [2.24, 2.45) is 0 Å². The second-order valence-corrected chi connectivity index (χ2v) is 1.80. The van der Waals surface area contributed by atoms with Gasteiger partial charge in [0.2, 0.25) is 0 Å². The molecule has 4 heteroatoms. The Bertz CT molecular complexity index is 191. The van der Waals surface area contributed by atoms with E-state index in [9.17, 15) is 9.59 Å². The van der Waals surface area contributed by atoms with Crippen molar-refractivity contribution >= 4 is 11.9 Å². The van der Waals surface area contributed by atoms with Crippen molar-refractivity contribution in [1.82, 2.24) is 0 Å². The maximum atomic E-state index is 10.5. The molecule has 0 aromatic heterocycles. The fraction of sp³-hybridized carbons (Fsp3) is 0.250. The molecule has 0 aromatic rings. The van der Waals surface area contributed by atoms with Gasteiger partial charge in [0.1, 0.15) is 0 Å². The molecule has 66 valence electrons. The minimum atomic E-state index is -0.713. The molecule has 0 fully saturated rings. The summed E-state index contributed by atoms with van der Waals surface area (Å²) in [5.41, 5.74) is 0. The highest BCUT2D eigenvalue weighted by molar-refractivity contribution is 5.84. The van der Waals surface area contributed by atoms with E-state index in [1.54, 1.807) is 13.8 Å². The van der Waals surface area contributed by atoms with E-state index in [-0.39, 0.29) is 0 Å². The van der Waals surface area contributed by atoms with Crippen LogP contribution in [0.15, 0.2) is 24.3 Å². The Labute approximate surface area is 70.4 Å². The molecule has 4 nitrogen and oxygen atoms in total. The van der Waals surface area contributed by atoms with Crippen molar-refractivity contribution in [1.29, 1.82) is 0 Å². The Balaban J connectivity index is 3.68. The zero-order valence-corrected chi connectivity index (χ0v) is 6.94. The molecule has 0 N–H and O–H groups in total. The summed E-state index contributed by atoms with van der Waals surface area (Å²) in [5.74, 6) is -1.43. The van der Waals surface area contributed by atoms with E-state index < -0.39 is 11.9 Å². The number of carbonyl (C=O) groups excluding carboxylic acids is 2. The number of hydrogen-bond donors (Lipinski definition) is 0. The van der Waals surface area contributed by atoms with Gasteiger partial charge in [-0.25, -0.2) is 19.4 Å². The standard InChI is InChI=1S/C8H10O4/c1-3-5-7(9)11-12-8(10)6-4-2/h3-6H,1-2H3/b5-3+,6-4+. The van der Waals surface area contributed by atoms with Gasteiger partial charge >= 0.3 is 11.9 Å². The minimum Gasteiger partial charge on any atom is -0.242 e. The van der Waals surface area contributed by atoms with Gasteiger partial charge in [-0.3, -0.25) is 0 Å². The maximum absolute atomic E-state index is 10.5. The molecule has 0 heterocycles. The number of allylic oxidation sites excluding steroid dienone is 2. The van der Waals surface area contributed by atoms with Gasteiger partial charge in [0, 0.05) is 12.2 Å². The lowest BCUT2D eigenvalue weighted by atomic mass is 10.5. The molecule has 0 aliphatic rings. The van der Waals surface area contributed by atoms with E-state index in [2.05, 4.69) is 9.78 Å². The van der Waals surface area contributed by atoms with Gasteiger partial charge < -0.3 is 0 Å². The van der Waals surface area contributed by atoms with Crippen LogP contribution < -0.4 is 0 Å². The van der Waals surface area contributed by atoms with Crippen LogP contribution in [-0.2, 0) is 19.4 Å². The van der Waals surface area contributed by atoms with Crippen molar-refractivity contribution in [3.8, 4) is 0 Å². The van der Waals surface area contributed by atoms with E-state index in [0.29, 0.717) is 0 Å². The molecule has 0 spiro atoms. The van der Waals surface area contributed by atoms with E-state index in [0.717, 1.165) is 12.2 Å². The maximum Gasteiger partial charge on any atom is 0.378 e. The Morgan fingerprint density at radius 3 is 1.50 bits per heavy atom. The highest BCUT2D eigenvalue weighted by Gasteiger charge is 2.01. The zero-order chi connectivity index (χ0) is 9.40. The average molecular weight is 170 g/mol. The quantitative estimate of drug-likeness (QED) is 0.354. The molecule has 0 saturated heterocycles. The van der Waals surface area contributed by atoms with Crippen LogP contribution in [0, 0.1) is 0 Å². The number of hydrogen-bond acceptors (Lipinski definition) is 4. The third-order valence-corrected chi connectivity index (χ3v) is 0.811. The molecule has 0 aromatic carbocycles. The van der Waals surface area contributed by atoms with Crippen molar-refractivity contribution < 1.29 is 19.4 Å². The Morgan fingerprint density at radius 1 is 0.917 bits per heavy atom. The van der Waals surface area contributed by atoms with E-state index in [4.69, 9.17) is 0 Å². The van der Waals surface area contributed by atoms with Crippen LogP contribution in [0.3, 0.4) is 0 Å². The summed E-state index contributed by atoms with van der Waals surface area (Å²) in [4.78, 5) is 29.2. The molecule has 0 unspecified atom stereocenters. The molecule has 0 aliphatic heterocycles. The van der Waals surface area contributed by atoms with E-state index in [1.165, 1.54) is 12.2 Å². The first-order valence-corrected chi connectivity index (χ1v) is 3.38. The van der Waals surface area contributed by atoms with Crippen molar-refractivity contribution in [2.75, 3.05) is 0 Å². The average Bonchev–Trinajstić information content (AvgIpc) is 2.02. The summed E-state index contributed by atoms with van der Waals surface area (Å²) in [6.45, 7) is 3.30. The van der Waals surface area contributed by atoms with Gasteiger partial charge in [-0.05, 0) is 13.8 Å². The monoisotopic (exact) mass is 170 g/mol. The van der Waals surface area contributed by atoms with E-state index in [1.807, 2.05) is 0 Å². The molecule has 0 bridgehead atoms. The molecule has 0 amide bonds. The van der Waals surface area contributed by atoms with Gasteiger partial charge in [0.15, 0.2) is 0 Å².